The number of benzene rings is 4. The second-order valence-corrected chi connectivity index (χ2v) is 12.9. The van der Waals surface area contributed by atoms with Crippen LogP contribution in [0.4, 0.5) is 11.4 Å². The van der Waals surface area contributed by atoms with Crippen LogP contribution < -0.4 is 15.0 Å². The van der Waals surface area contributed by atoms with Gasteiger partial charge < -0.3 is 30.1 Å². The Morgan fingerprint density at radius 3 is 2.45 bits per heavy atom. The third-order valence-electron chi connectivity index (χ3n) is 9.40. The molecule has 49 heavy (non-hydrogen) atoms. The molecular formula is C39H38ClN3O6. The molecule has 0 fully saturated rings. The second-order valence-electron chi connectivity index (χ2n) is 12.5. The number of aliphatic hydroxyl groups is 2. The van der Waals surface area contributed by atoms with Crippen LogP contribution in [0.25, 0.3) is 0 Å². The minimum Gasteiger partial charge on any atom is -0.497 e. The molecule has 10 heteroatoms. The summed E-state index contributed by atoms with van der Waals surface area (Å²) in [6, 6.07) is 26.6. The summed E-state index contributed by atoms with van der Waals surface area (Å²) < 4.78 is 5.15. The monoisotopic (exact) mass is 679 g/mol. The van der Waals surface area contributed by atoms with Crippen LogP contribution in [0.2, 0.25) is 5.02 Å². The predicted molar refractivity (Wildman–Crippen MR) is 188 cm³/mol. The molecule has 9 nitrogen and oxygen atoms in total. The van der Waals surface area contributed by atoms with Crippen molar-refractivity contribution in [2.75, 3.05) is 23.9 Å². The third-order valence-corrected chi connectivity index (χ3v) is 9.63. The molecule has 3 N–H and O–H groups in total. The number of halogens is 1. The van der Waals surface area contributed by atoms with Crippen molar-refractivity contribution < 1.29 is 29.3 Å². The van der Waals surface area contributed by atoms with Gasteiger partial charge in [-0.1, -0.05) is 67.1 Å². The standard InChI is InChI=1S/C39H38ClN3O6/c1-25(6-5-9-36(45)42-23-29-8-4-3-7-28(29)20-32(42)24-44)39(48)34-21-30(40)14-19-35(34)43(38(39)47)22-26-10-15-31(16-11-26)41-37(46)27-12-17-33(49-2)18-13-27/h3-8,10-19,21,25,32,44,48H,9,20,22-24H2,1-2H3,(H,41,46)/b6-5+/t25-,32+,39+/m1/s1. The number of hydrogen-bond acceptors (Lipinski definition) is 6. The number of carbonyl (C=O) groups is 3. The van der Waals surface area contributed by atoms with Gasteiger partial charge in [-0.05, 0) is 77.7 Å². The van der Waals surface area contributed by atoms with Crippen LogP contribution >= 0.6 is 11.6 Å². The van der Waals surface area contributed by atoms with Gasteiger partial charge in [0.05, 0.1) is 32.0 Å². The molecule has 4 aromatic rings. The van der Waals surface area contributed by atoms with Crippen LogP contribution in [0.15, 0.2) is 103 Å². The summed E-state index contributed by atoms with van der Waals surface area (Å²) in [6.07, 6.45) is 4.01. The van der Waals surface area contributed by atoms with Crippen LogP contribution in [0.3, 0.4) is 0 Å². The Morgan fingerprint density at radius 2 is 1.76 bits per heavy atom. The summed E-state index contributed by atoms with van der Waals surface area (Å²) in [6.45, 7) is 2.20. The first-order valence-electron chi connectivity index (χ1n) is 16.1. The fourth-order valence-electron chi connectivity index (χ4n) is 6.57. The molecule has 0 unspecified atom stereocenters. The molecule has 252 valence electrons. The van der Waals surface area contributed by atoms with Crippen LogP contribution in [-0.2, 0) is 34.7 Å². The Bertz CT molecular complexity index is 1890. The third kappa shape index (κ3) is 6.83. The van der Waals surface area contributed by atoms with Crippen LogP contribution in [0, 0.1) is 5.92 Å². The zero-order valence-corrected chi connectivity index (χ0v) is 28.1. The molecule has 0 bridgehead atoms. The van der Waals surface area contributed by atoms with Gasteiger partial charge in [-0.2, -0.15) is 0 Å². The zero-order chi connectivity index (χ0) is 34.7. The van der Waals surface area contributed by atoms with Crippen LogP contribution in [0.5, 0.6) is 5.75 Å². The largest absolute Gasteiger partial charge is 0.497 e. The topological polar surface area (TPSA) is 119 Å². The summed E-state index contributed by atoms with van der Waals surface area (Å²) in [5.74, 6) is -0.945. The van der Waals surface area contributed by atoms with Gasteiger partial charge in [0.25, 0.3) is 11.8 Å². The number of methoxy groups -OCH3 is 1. The van der Waals surface area contributed by atoms with E-state index >= 15 is 0 Å². The highest BCUT2D eigenvalue weighted by Gasteiger charge is 2.52. The van der Waals surface area contributed by atoms with E-state index in [0.717, 1.165) is 16.7 Å². The Balaban J connectivity index is 1.14. The van der Waals surface area contributed by atoms with Crippen molar-refractivity contribution in [2.45, 2.75) is 44.5 Å². The number of nitrogens with one attached hydrogen (secondary N) is 1. The molecule has 0 saturated heterocycles. The normalized spacial score (nSPS) is 19.0. The maximum absolute atomic E-state index is 14.0. The number of rotatable bonds is 10. The first-order chi connectivity index (χ1) is 23.6. The number of aliphatic hydroxyl groups excluding tert-OH is 1. The number of amides is 3. The quantitative estimate of drug-likeness (QED) is 0.181. The smallest absolute Gasteiger partial charge is 0.264 e. The highest BCUT2D eigenvalue weighted by Crippen LogP contribution is 2.46. The fourth-order valence-corrected chi connectivity index (χ4v) is 6.74. The maximum atomic E-state index is 14.0. The van der Waals surface area contributed by atoms with Gasteiger partial charge in [0.15, 0.2) is 5.60 Å². The lowest BCUT2D eigenvalue weighted by Crippen LogP contribution is -2.46. The van der Waals surface area contributed by atoms with Gasteiger partial charge in [0, 0.05) is 40.7 Å². The van der Waals surface area contributed by atoms with Crippen LogP contribution in [-0.4, -0.2) is 52.6 Å². The van der Waals surface area contributed by atoms with Gasteiger partial charge in [0.2, 0.25) is 5.91 Å². The molecule has 2 aliphatic rings. The molecule has 0 spiro atoms. The van der Waals surface area contributed by atoms with Gasteiger partial charge in [-0.25, -0.2) is 0 Å². The highest BCUT2D eigenvalue weighted by molar-refractivity contribution is 6.31. The molecule has 0 aliphatic carbocycles. The van der Waals surface area contributed by atoms with E-state index in [0.29, 0.717) is 46.2 Å². The maximum Gasteiger partial charge on any atom is 0.264 e. The van der Waals surface area contributed by atoms with Crippen molar-refractivity contribution in [3.05, 3.63) is 136 Å². The van der Waals surface area contributed by atoms with Crippen molar-refractivity contribution in [1.82, 2.24) is 4.90 Å². The Hall–Kier alpha value is -4.96. The molecule has 4 aromatic carbocycles. The van der Waals surface area contributed by atoms with Gasteiger partial charge in [-0.3, -0.25) is 14.4 Å². The molecule has 2 aliphatic heterocycles. The number of nitrogens with zero attached hydrogens (tertiary/aromatic N) is 2. The van der Waals surface area contributed by atoms with E-state index in [9.17, 15) is 24.6 Å². The molecule has 2 heterocycles. The average molecular weight is 680 g/mol. The molecule has 0 saturated carbocycles. The fraction of sp³-hybridized carbons (Fsp3) is 0.256. The summed E-state index contributed by atoms with van der Waals surface area (Å²) in [5.41, 5.74) is 3.08. The number of ether oxygens (including phenoxy) is 1. The van der Waals surface area contributed by atoms with Crippen molar-refractivity contribution in [1.29, 1.82) is 0 Å². The van der Waals surface area contributed by atoms with Gasteiger partial charge in [0.1, 0.15) is 5.75 Å². The lowest BCUT2D eigenvalue weighted by Gasteiger charge is -2.36. The van der Waals surface area contributed by atoms with Crippen molar-refractivity contribution in [3.63, 3.8) is 0 Å². The van der Waals surface area contributed by atoms with Crippen LogP contribution in [0.1, 0.15) is 46.0 Å². The molecule has 3 atom stereocenters. The van der Waals surface area contributed by atoms with E-state index in [-0.39, 0.29) is 37.4 Å². The molecule has 0 aromatic heterocycles. The van der Waals surface area contributed by atoms with Crippen molar-refractivity contribution >= 4 is 40.7 Å². The second kappa shape index (κ2) is 14.3. The van der Waals surface area contributed by atoms with Gasteiger partial charge in [-0.15, -0.1) is 0 Å². The molecule has 6 rings (SSSR count). The number of anilines is 2. The number of carbonyl (C=O) groups excluding carboxylic acids is 3. The molecular weight excluding hydrogens is 642 g/mol. The van der Waals surface area contributed by atoms with E-state index in [4.69, 9.17) is 16.3 Å². The van der Waals surface area contributed by atoms with E-state index in [1.807, 2.05) is 36.4 Å². The Morgan fingerprint density at radius 1 is 1.04 bits per heavy atom. The van der Waals surface area contributed by atoms with Crippen molar-refractivity contribution in [3.8, 4) is 5.75 Å². The SMILES string of the molecule is COc1ccc(C(=O)Nc2ccc(CN3C(=O)[C@](O)([C@H](C)/C=C/CC(=O)N4Cc5ccccc5C[C@H]4CO)c4cc(Cl)ccc43)cc2)cc1. The van der Waals surface area contributed by atoms with E-state index in [1.165, 1.54) is 4.90 Å². The summed E-state index contributed by atoms with van der Waals surface area (Å²) in [4.78, 5) is 43.2. The first-order valence-corrected chi connectivity index (χ1v) is 16.5. The lowest BCUT2D eigenvalue weighted by molar-refractivity contribution is -0.139. The Kier molecular flexibility index (Phi) is 9.87. The first kappa shape index (κ1) is 33.9. The van der Waals surface area contributed by atoms with Gasteiger partial charge >= 0.3 is 0 Å². The van der Waals surface area contributed by atoms with Crippen molar-refractivity contribution in [2.24, 2.45) is 5.92 Å². The summed E-state index contributed by atoms with van der Waals surface area (Å²) in [7, 11) is 1.56. The van der Waals surface area contributed by atoms with E-state index < -0.39 is 17.4 Å². The van der Waals surface area contributed by atoms with E-state index in [1.54, 1.807) is 85.7 Å². The summed E-state index contributed by atoms with van der Waals surface area (Å²) >= 11 is 6.35. The number of fused-ring (bicyclic) bond motifs is 2. The Labute approximate surface area is 290 Å². The predicted octanol–water partition coefficient (Wildman–Crippen LogP) is 5.86. The number of hydrogen-bond donors (Lipinski definition) is 3. The molecule has 0 radical (unpaired) electrons. The minimum atomic E-state index is -1.91. The highest BCUT2D eigenvalue weighted by atomic mass is 35.5. The lowest BCUT2D eigenvalue weighted by atomic mass is 9.83. The average Bonchev–Trinajstić information content (AvgIpc) is 3.33. The van der Waals surface area contributed by atoms with E-state index in [2.05, 4.69) is 5.32 Å². The minimum absolute atomic E-state index is 0.0563. The summed E-state index contributed by atoms with van der Waals surface area (Å²) in [5, 5.41) is 25.3. The molecule has 3 amide bonds. The zero-order valence-electron chi connectivity index (χ0n) is 27.3.